The van der Waals surface area contributed by atoms with Crippen LogP contribution >= 0.6 is 11.8 Å². The van der Waals surface area contributed by atoms with Gasteiger partial charge in [0.15, 0.2) is 0 Å². The smallest absolute Gasteiger partial charge is 0.352 e. The SMILES string of the molecule is CCCCOc1ccc(C2(C(=O)N[C@H]3C(=O)N4C(C(=O)O)=C(C)CS[C@H]34)CCCC2)cc1. The van der Waals surface area contributed by atoms with E-state index in [0.717, 1.165) is 49.8 Å². The van der Waals surface area contributed by atoms with Gasteiger partial charge in [-0.25, -0.2) is 4.79 Å². The number of carbonyl (C=O) groups excluding carboxylic acids is 2. The second-order valence-electron chi connectivity index (χ2n) is 8.81. The average Bonchev–Trinajstić information content (AvgIpc) is 3.29. The number of unbranched alkanes of at least 4 members (excludes halogenated alkanes) is 1. The Bertz CT molecular complexity index is 936. The van der Waals surface area contributed by atoms with E-state index < -0.39 is 17.4 Å². The van der Waals surface area contributed by atoms with Crippen molar-refractivity contribution in [2.75, 3.05) is 12.4 Å². The number of benzene rings is 1. The Balaban J connectivity index is 1.49. The number of nitrogens with one attached hydrogen (secondary N) is 1. The van der Waals surface area contributed by atoms with E-state index in [2.05, 4.69) is 12.2 Å². The van der Waals surface area contributed by atoms with Gasteiger partial charge in [0.05, 0.1) is 12.0 Å². The van der Waals surface area contributed by atoms with Gasteiger partial charge in [0.2, 0.25) is 5.91 Å². The molecule has 1 saturated heterocycles. The number of rotatable bonds is 8. The van der Waals surface area contributed by atoms with Gasteiger partial charge in [-0.3, -0.25) is 14.5 Å². The Hall–Kier alpha value is -2.48. The number of hydrogen-bond acceptors (Lipinski definition) is 5. The summed E-state index contributed by atoms with van der Waals surface area (Å²) in [4.78, 5) is 39.3. The first-order valence-corrected chi connectivity index (χ1v) is 12.4. The van der Waals surface area contributed by atoms with Crippen molar-refractivity contribution in [2.24, 2.45) is 0 Å². The zero-order chi connectivity index (χ0) is 22.9. The van der Waals surface area contributed by atoms with E-state index in [1.807, 2.05) is 24.3 Å². The van der Waals surface area contributed by atoms with Crippen LogP contribution < -0.4 is 10.1 Å². The first-order chi connectivity index (χ1) is 15.4. The Morgan fingerprint density at radius 3 is 2.56 bits per heavy atom. The second kappa shape index (κ2) is 9.17. The summed E-state index contributed by atoms with van der Waals surface area (Å²) in [6.07, 6.45) is 5.44. The molecule has 2 N–H and O–H groups in total. The summed E-state index contributed by atoms with van der Waals surface area (Å²) in [6.45, 7) is 4.52. The van der Waals surface area contributed by atoms with Crippen molar-refractivity contribution in [2.45, 2.75) is 69.2 Å². The van der Waals surface area contributed by atoms with Crippen LogP contribution in [0.3, 0.4) is 0 Å². The quantitative estimate of drug-likeness (QED) is 0.458. The molecule has 7 nitrogen and oxygen atoms in total. The number of β-lactam (4-membered cyclic amide) rings is 1. The lowest BCUT2D eigenvalue weighted by molar-refractivity contribution is -0.151. The van der Waals surface area contributed by atoms with Gasteiger partial charge in [0, 0.05) is 5.75 Å². The fourth-order valence-corrected chi connectivity index (χ4v) is 6.18. The van der Waals surface area contributed by atoms with E-state index in [4.69, 9.17) is 4.74 Å². The third kappa shape index (κ3) is 3.89. The molecule has 2 atom stereocenters. The molecule has 0 bridgehead atoms. The number of ether oxygens (including phenoxy) is 1. The molecule has 0 unspecified atom stereocenters. The summed E-state index contributed by atoms with van der Waals surface area (Å²) in [5.74, 6) is -0.258. The standard InChI is InChI=1S/C24H30N2O5S/c1-3-4-13-31-17-9-7-16(8-10-17)24(11-5-6-12-24)23(30)25-18-20(27)26-19(22(28)29)15(2)14-32-21(18)26/h7-10,18,21H,3-6,11-14H2,1-2H3,(H,25,30)(H,28,29)/t18-,21+/m0/s1. The maximum atomic E-state index is 13.5. The lowest BCUT2D eigenvalue weighted by atomic mass is 9.77. The molecule has 0 radical (unpaired) electrons. The minimum absolute atomic E-state index is 0.0542. The molecule has 0 aromatic heterocycles. The van der Waals surface area contributed by atoms with Crippen LogP contribution in [0, 0.1) is 0 Å². The third-order valence-corrected chi connectivity index (χ3v) is 8.14. The molecule has 2 aliphatic heterocycles. The zero-order valence-corrected chi connectivity index (χ0v) is 19.4. The van der Waals surface area contributed by atoms with Gasteiger partial charge in [-0.2, -0.15) is 0 Å². The first-order valence-electron chi connectivity index (χ1n) is 11.3. The molecule has 32 heavy (non-hydrogen) atoms. The minimum atomic E-state index is -1.10. The van der Waals surface area contributed by atoms with Crippen molar-refractivity contribution in [1.82, 2.24) is 10.2 Å². The van der Waals surface area contributed by atoms with Gasteiger partial charge in [-0.1, -0.05) is 38.3 Å². The Morgan fingerprint density at radius 1 is 1.25 bits per heavy atom. The number of nitrogens with zero attached hydrogens (tertiary/aromatic N) is 1. The van der Waals surface area contributed by atoms with Crippen LogP contribution in [-0.2, 0) is 19.8 Å². The summed E-state index contributed by atoms with van der Waals surface area (Å²) in [6, 6.07) is 7.07. The van der Waals surface area contributed by atoms with Crippen LogP contribution in [0.4, 0.5) is 0 Å². The van der Waals surface area contributed by atoms with Crippen molar-refractivity contribution >= 4 is 29.5 Å². The number of carboxylic acid groups (broad SMARTS) is 1. The molecule has 1 saturated carbocycles. The van der Waals surface area contributed by atoms with E-state index in [1.165, 1.54) is 16.7 Å². The number of aliphatic carboxylic acids is 1. The lowest BCUT2D eigenvalue weighted by Crippen LogP contribution is -2.71. The molecule has 2 amide bonds. The summed E-state index contributed by atoms with van der Waals surface area (Å²) in [5, 5.41) is 12.1. The van der Waals surface area contributed by atoms with E-state index >= 15 is 0 Å². The van der Waals surface area contributed by atoms with E-state index in [0.29, 0.717) is 17.9 Å². The molecule has 3 aliphatic rings. The van der Waals surface area contributed by atoms with Crippen LogP contribution in [-0.4, -0.2) is 51.6 Å². The van der Waals surface area contributed by atoms with Gasteiger partial charge in [-0.15, -0.1) is 11.8 Å². The molecule has 1 aromatic rings. The molecule has 2 fully saturated rings. The van der Waals surface area contributed by atoms with Crippen LogP contribution in [0.15, 0.2) is 35.5 Å². The summed E-state index contributed by atoms with van der Waals surface area (Å²) in [5.41, 5.74) is 1.00. The molecule has 4 rings (SSSR count). The highest BCUT2D eigenvalue weighted by Gasteiger charge is 2.55. The van der Waals surface area contributed by atoms with Crippen molar-refractivity contribution in [3.8, 4) is 5.75 Å². The number of amides is 2. The fourth-order valence-electron chi connectivity index (χ4n) is 4.88. The third-order valence-electron chi connectivity index (χ3n) is 6.71. The number of carboxylic acids is 1. The maximum absolute atomic E-state index is 13.5. The highest BCUT2D eigenvalue weighted by Crippen LogP contribution is 2.44. The molecular formula is C24H30N2O5S. The molecule has 8 heteroatoms. The summed E-state index contributed by atoms with van der Waals surface area (Å²) < 4.78 is 5.75. The van der Waals surface area contributed by atoms with Crippen molar-refractivity contribution in [3.05, 3.63) is 41.1 Å². The maximum Gasteiger partial charge on any atom is 0.352 e. The minimum Gasteiger partial charge on any atom is -0.494 e. The highest BCUT2D eigenvalue weighted by molar-refractivity contribution is 8.00. The largest absolute Gasteiger partial charge is 0.494 e. The fraction of sp³-hybridized carbons (Fsp3) is 0.542. The monoisotopic (exact) mass is 458 g/mol. The van der Waals surface area contributed by atoms with Crippen molar-refractivity contribution < 1.29 is 24.2 Å². The van der Waals surface area contributed by atoms with Crippen LogP contribution in [0.2, 0.25) is 0 Å². The number of hydrogen-bond donors (Lipinski definition) is 2. The van der Waals surface area contributed by atoms with Gasteiger partial charge in [-0.05, 0) is 49.5 Å². The average molecular weight is 459 g/mol. The summed E-state index contributed by atoms with van der Waals surface area (Å²) in [7, 11) is 0. The van der Waals surface area contributed by atoms with Crippen molar-refractivity contribution in [1.29, 1.82) is 0 Å². The number of fused-ring (bicyclic) bond motifs is 1. The molecule has 1 aliphatic carbocycles. The van der Waals surface area contributed by atoms with E-state index in [1.54, 1.807) is 6.92 Å². The Labute approximate surface area is 192 Å². The zero-order valence-electron chi connectivity index (χ0n) is 18.6. The summed E-state index contributed by atoms with van der Waals surface area (Å²) >= 11 is 1.50. The number of thioether (sulfide) groups is 1. The van der Waals surface area contributed by atoms with Gasteiger partial charge in [0.25, 0.3) is 5.91 Å². The molecule has 1 aromatic carbocycles. The van der Waals surface area contributed by atoms with Crippen molar-refractivity contribution in [3.63, 3.8) is 0 Å². The molecular weight excluding hydrogens is 428 g/mol. The predicted molar refractivity (Wildman–Crippen MR) is 122 cm³/mol. The van der Waals surface area contributed by atoms with Crippen LogP contribution in [0.5, 0.6) is 5.75 Å². The highest BCUT2D eigenvalue weighted by atomic mass is 32.2. The molecule has 0 spiro atoms. The van der Waals surface area contributed by atoms with Gasteiger partial charge >= 0.3 is 5.97 Å². The Morgan fingerprint density at radius 2 is 1.94 bits per heavy atom. The second-order valence-corrected chi connectivity index (χ2v) is 9.92. The molecule has 2 heterocycles. The van der Waals surface area contributed by atoms with E-state index in [-0.39, 0.29) is 22.9 Å². The topological polar surface area (TPSA) is 95.9 Å². The van der Waals surface area contributed by atoms with Crippen LogP contribution in [0.1, 0.15) is 57.9 Å². The normalized spacial score (nSPS) is 24.1. The Kier molecular flexibility index (Phi) is 6.51. The lowest BCUT2D eigenvalue weighted by Gasteiger charge is -2.50. The van der Waals surface area contributed by atoms with Gasteiger partial charge in [0.1, 0.15) is 22.9 Å². The van der Waals surface area contributed by atoms with Gasteiger partial charge < -0.3 is 15.2 Å². The first kappa shape index (κ1) is 22.7. The van der Waals surface area contributed by atoms with Crippen LogP contribution in [0.25, 0.3) is 0 Å². The van der Waals surface area contributed by atoms with E-state index in [9.17, 15) is 19.5 Å². The predicted octanol–water partition coefficient (Wildman–Crippen LogP) is 3.44. The number of carbonyl (C=O) groups is 3. The molecule has 172 valence electrons.